The Balaban J connectivity index is 2.71. The minimum Gasteiger partial charge on any atom is -0.0891 e. The van der Waals surface area contributed by atoms with E-state index in [0.29, 0.717) is 5.92 Å². The number of hydrogen-bond acceptors (Lipinski definition) is 0. The minimum absolute atomic E-state index is 0.668. The van der Waals surface area contributed by atoms with E-state index in [1.165, 1.54) is 12.0 Å². The summed E-state index contributed by atoms with van der Waals surface area (Å²) in [5.41, 5.74) is 1.45. The van der Waals surface area contributed by atoms with Gasteiger partial charge in [-0.15, -0.1) is 0 Å². The highest BCUT2D eigenvalue weighted by molar-refractivity contribution is 6.29. The fourth-order valence-corrected chi connectivity index (χ4v) is 1.56. The van der Waals surface area contributed by atoms with Crippen LogP contribution in [0.1, 0.15) is 33.1 Å². The molecule has 1 aliphatic rings. The molecule has 0 aromatic heterocycles. The van der Waals surface area contributed by atoms with E-state index in [0.717, 1.165) is 17.9 Å². The lowest BCUT2D eigenvalue weighted by atomic mass is 9.96. The standard InChI is InChI=1S/C12H17Cl/c1-3-10(2)11-6-4-8-12(13)9-5-7-11/h4,6-7,9-10H,3,5,8H2,1-2H3/b6-4-,11-7+,12-9+. The van der Waals surface area contributed by atoms with Gasteiger partial charge in [-0.2, -0.15) is 0 Å². The van der Waals surface area contributed by atoms with E-state index in [9.17, 15) is 0 Å². The van der Waals surface area contributed by atoms with Crippen LogP contribution in [0.15, 0.2) is 34.9 Å². The molecule has 0 aromatic rings. The largest absolute Gasteiger partial charge is 0.0891 e. The van der Waals surface area contributed by atoms with E-state index in [4.69, 9.17) is 11.6 Å². The Bertz CT molecular complexity index is 246. The first-order valence-electron chi connectivity index (χ1n) is 4.95. The number of allylic oxidation sites excluding steroid dienone is 6. The number of rotatable bonds is 2. The van der Waals surface area contributed by atoms with Crippen LogP contribution in [0, 0.1) is 5.92 Å². The van der Waals surface area contributed by atoms with Gasteiger partial charge >= 0.3 is 0 Å². The Kier molecular flexibility index (Phi) is 4.31. The summed E-state index contributed by atoms with van der Waals surface area (Å²) in [7, 11) is 0. The molecule has 1 heteroatoms. The monoisotopic (exact) mass is 196 g/mol. The number of hydrogen-bond donors (Lipinski definition) is 0. The quantitative estimate of drug-likeness (QED) is 0.613. The molecular weight excluding hydrogens is 180 g/mol. The molecule has 0 heterocycles. The van der Waals surface area contributed by atoms with Gasteiger partial charge in [-0.05, 0) is 24.3 Å². The molecule has 1 aliphatic carbocycles. The zero-order valence-corrected chi connectivity index (χ0v) is 9.14. The molecule has 0 fully saturated rings. The lowest BCUT2D eigenvalue weighted by molar-refractivity contribution is 0.667. The maximum Gasteiger partial charge on any atom is 0.0182 e. The lowest BCUT2D eigenvalue weighted by Gasteiger charge is -2.11. The van der Waals surface area contributed by atoms with E-state index < -0.39 is 0 Å². The fourth-order valence-electron chi connectivity index (χ4n) is 1.38. The smallest absolute Gasteiger partial charge is 0.0182 e. The summed E-state index contributed by atoms with van der Waals surface area (Å²) in [4.78, 5) is 0. The second kappa shape index (κ2) is 5.29. The third kappa shape index (κ3) is 3.40. The van der Waals surface area contributed by atoms with E-state index in [1.807, 2.05) is 0 Å². The summed E-state index contributed by atoms with van der Waals surface area (Å²) in [6.07, 6.45) is 11.8. The first kappa shape index (κ1) is 10.6. The molecule has 0 radical (unpaired) electrons. The van der Waals surface area contributed by atoms with Crippen molar-refractivity contribution < 1.29 is 0 Å². The average molecular weight is 197 g/mol. The van der Waals surface area contributed by atoms with Gasteiger partial charge < -0.3 is 0 Å². The first-order valence-corrected chi connectivity index (χ1v) is 5.33. The van der Waals surface area contributed by atoms with Crippen molar-refractivity contribution in [1.82, 2.24) is 0 Å². The van der Waals surface area contributed by atoms with Gasteiger partial charge in [0.2, 0.25) is 0 Å². The summed E-state index contributed by atoms with van der Waals surface area (Å²) in [5, 5.41) is 0.954. The van der Waals surface area contributed by atoms with Crippen molar-refractivity contribution in [2.75, 3.05) is 0 Å². The molecule has 0 nitrogen and oxygen atoms in total. The Morgan fingerprint density at radius 3 is 2.92 bits per heavy atom. The van der Waals surface area contributed by atoms with Crippen LogP contribution >= 0.6 is 11.6 Å². The molecule has 0 saturated carbocycles. The van der Waals surface area contributed by atoms with Gasteiger partial charge in [0.25, 0.3) is 0 Å². The molecule has 72 valence electrons. The van der Waals surface area contributed by atoms with E-state index in [1.54, 1.807) is 0 Å². The van der Waals surface area contributed by atoms with Crippen LogP contribution in [0.25, 0.3) is 0 Å². The zero-order valence-electron chi connectivity index (χ0n) is 8.39. The van der Waals surface area contributed by atoms with Crippen molar-refractivity contribution in [3.63, 3.8) is 0 Å². The average Bonchev–Trinajstić information content (AvgIpc) is 2.10. The first-order chi connectivity index (χ1) is 6.24. The Labute approximate surface area is 86.0 Å². The van der Waals surface area contributed by atoms with Gasteiger partial charge in [-0.25, -0.2) is 0 Å². The second-order valence-corrected chi connectivity index (χ2v) is 3.99. The lowest BCUT2D eigenvalue weighted by Crippen LogP contribution is -1.95. The summed E-state index contributed by atoms with van der Waals surface area (Å²) in [5.74, 6) is 0.668. The third-order valence-corrected chi connectivity index (χ3v) is 2.81. The summed E-state index contributed by atoms with van der Waals surface area (Å²) < 4.78 is 0. The molecule has 0 aliphatic heterocycles. The SMILES string of the molecule is CCC(C)C1=C/C/C=C(/Cl)C/C=C\1. The highest BCUT2D eigenvalue weighted by Crippen LogP contribution is 2.20. The molecule has 0 spiro atoms. The van der Waals surface area contributed by atoms with Crippen molar-refractivity contribution in [2.45, 2.75) is 33.1 Å². The summed E-state index contributed by atoms with van der Waals surface area (Å²) >= 11 is 5.94. The molecule has 0 amide bonds. The molecule has 1 atom stereocenters. The Morgan fingerprint density at radius 1 is 1.46 bits per heavy atom. The van der Waals surface area contributed by atoms with Crippen LogP contribution in [-0.2, 0) is 0 Å². The molecule has 13 heavy (non-hydrogen) atoms. The van der Waals surface area contributed by atoms with Crippen molar-refractivity contribution >= 4 is 11.6 Å². The van der Waals surface area contributed by atoms with Crippen molar-refractivity contribution in [3.05, 3.63) is 34.9 Å². The van der Waals surface area contributed by atoms with Crippen molar-refractivity contribution in [1.29, 1.82) is 0 Å². The van der Waals surface area contributed by atoms with Gasteiger partial charge in [0, 0.05) is 11.5 Å². The Hall–Kier alpha value is -0.490. The molecule has 0 aromatic carbocycles. The van der Waals surface area contributed by atoms with Gasteiger partial charge in [-0.1, -0.05) is 49.8 Å². The zero-order chi connectivity index (χ0) is 9.68. The van der Waals surface area contributed by atoms with Gasteiger partial charge in [-0.3, -0.25) is 0 Å². The number of halogens is 1. The van der Waals surface area contributed by atoms with E-state index >= 15 is 0 Å². The van der Waals surface area contributed by atoms with Crippen molar-refractivity contribution in [2.24, 2.45) is 5.92 Å². The van der Waals surface area contributed by atoms with Crippen LogP contribution < -0.4 is 0 Å². The highest BCUT2D eigenvalue weighted by atomic mass is 35.5. The highest BCUT2D eigenvalue weighted by Gasteiger charge is 2.03. The summed E-state index contributed by atoms with van der Waals surface area (Å²) in [6.45, 7) is 4.49. The predicted molar refractivity (Wildman–Crippen MR) is 59.8 cm³/mol. The van der Waals surface area contributed by atoms with Gasteiger partial charge in [0.15, 0.2) is 0 Å². The topological polar surface area (TPSA) is 0 Å². The predicted octanol–water partition coefficient (Wildman–Crippen LogP) is 4.43. The fraction of sp³-hybridized carbons (Fsp3) is 0.500. The second-order valence-electron chi connectivity index (χ2n) is 3.51. The normalized spacial score (nSPS) is 30.4. The van der Waals surface area contributed by atoms with Crippen LogP contribution in [0.2, 0.25) is 0 Å². The maximum absolute atomic E-state index is 5.94. The molecule has 1 rings (SSSR count). The van der Waals surface area contributed by atoms with Crippen LogP contribution in [0.4, 0.5) is 0 Å². The molecule has 0 bridgehead atoms. The molecule has 1 unspecified atom stereocenters. The molecule has 0 saturated heterocycles. The molecular formula is C12H17Cl. The van der Waals surface area contributed by atoms with Crippen LogP contribution in [0.5, 0.6) is 0 Å². The van der Waals surface area contributed by atoms with E-state index in [2.05, 4.69) is 38.2 Å². The van der Waals surface area contributed by atoms with Crippen LogP contribution in [0.3, 0.4) is 0 Å². The maximum atomic E-state index is 5.94. The third-order valence-electron chi connectivity index (χ3n) is 2.50. The minimum atomic E-state index is 0.668. The van der Waals surface area contributed by atoms with E-state index in [-0.39, 0.29) is 0 Å². The summed E-state index contributed by atoms with van der Waals surface area (Å²) in [6, 6.07) is 0. The Morgan fingerprint density at radius 2 is 2.23 bits per heavy atom. The van der Waals surface area contributed by atoms with Crippen LogP contribution in [-0.4, -0.2) is 0 Å². The van der Waals surface area contributed by atoms with Crippen molar-refractivity contribution in [3.8, 4) is 0 Å². The van der Waals surface area contributed by atoms with Gasteiger partial charge in [0.05, 0.1) is 0 Å². The van der Waals surface area contributed by atoms with Gasteiger partial charge in [0.1, 0.15) is 0 Å². The molecule has 0 N–H and O–H groups in total.